The van der Waals surface area contributed by atoms with Crippen molar-refractivity contribution in [2.24, 2.45) is 86.3 Å². The molecule has 0 aromatic rings. The van der Waals surface area contributed by atoms with E-state index in [0.29, 0.717) is 76.1 Å². The van der Waals surface area contributed by atoms with Crippen molar-refractivity contribution in [2.45, 2.75) is 198 Å². The molecule has 4 nitrogen and oxygen atoms in total. The summed E-state index contributed by atoms with van der Waals surface area (Å²) in [6.45, 7) is 32.2. The van der Waals surface area contributed by atoms with Gasteiger partial charge in [-0.05, 0) is 159 Å². The molecule has 2 heterocycles. The molecule has 52 heavy (non-hydrogen) atoms. The first-order valence-electron chi connectivity index (χ1n) is 22.5. The van der Waals surface area contributed by atoms with Crippen LogP contribution in [0.5, 0.6) is 0 Å². The van der Waals surface area contributed by atoms with Crippen LogP contribution in [0.3, 0.4) is 0 Å². The van der Waals surface area contributed by atoms with Gasteiger partial charge in [0.1, 0.15) is 6.29 Å². The molecule has 0 amide bonds. The topological polar surface area (TPSA) is 44.8 Å². The molecule has 0 N–H and O–H groups in total. The lowest BCUT2D eigenvalue weighted by Crippen LogP contribution is -2.63. The third-order valence-corrected chi connectivity index (χ3v) is 19.8. The quantitative estimate of drug-likeness (QED) is 0.156. The summed E-state index contributed by atoms with van der Waals surface area (Å²) in [5.74, 6) is 5.48. The van der Waals surface area contributed by atoms with Gasteiger partial charge in [-0.25, -0.2) is 0 Å². The zero-order valence-corrected chi connectivity index (χ0v) is 35.9. The first-order chi connectivity index (χ1) is 24.4. The van der Waals surface area contributed by atoms with Crippen LogP contribution in [0.2, 0.25) is 0 Å². The average molecular weight is 721 g/mol. The Hall–Kier alpha value is -0.710. The average Bonchev–Trinajstić information content (AvgIpc) is 3.10. The predicted octanol–water partition coefficient (Wildman–Crippen LogP) is 12.1. The first kappa shape index (κ1) is 39.5. The van der Waals surface area contributed by atoms with Crippen LogP contribution in [0, 0.1) is 86.3 Å². The van der Waals surface area contributed by atoms with Crippen molar-refractivity contribution in [1.82, 2.24) is 0 Å². The minimum Gasteiger partial charge on any atom is -0.374 e. The van der Waals surface area contributed by atoms with Gasteiger partial charge in [0.25, 0.3) is 0 Å². The number of carbonyl (C=O) groups is 1. The predicted molar refractivity (Wildman–Crippen MR) is 213 cm³/mol. The minimum absolute atomic E-state index is 0.129. The van der Waals surface area contributed by atoms with Crippen molar-refractivity contribution in [3.8, 4) is 0 Å². The summed E-state index contributed by atoms with van der Waals surface area (Å²) >= 11 is 0. The van der Waals surface area contributed by atoms with Crippen molar-refractivity contribution >= 4 is 6.29 Å². The Bertz CT molecular complexity index is 1350. The molecular weight excluding hydrogens is 641 g/mol. The number of allylic oxidation sites excluding steroid dienone is 2. The summed E-state index contributed by atoms with van der Waals surface area (Å²) < 4.78 is 21.2. The Kier molecular flexibility index (Phi) is 10.4. The Labute approximate surface area is 320 Å². The molecule has 2 aliphatic heterocycles. The summed E-state index contributed by atoms with van der Waals surface area (Å²) in [4.78, 5) is 12.9. The van der Waals surface area contributed by atoms with Crippen LogP contribution in [-0.2, 0) is 19.0 Å². The third kappa shape index (κ3) is 5.92. The maximum Gasteiger partial charge on any atom is 0.161 e. The fourth-order valence-electron chi connectivity index (χ4n) is 15.1. The molecule has 5 aliphatic carbocycles. The SMILES string of the molecule is CCC1O[C@@H](CC2[C@H](O[C@H]3CCC4(C)C5CC=C6C7CC(C)(C)CC[C@]7(C=O)CC[C@@]6(C)[C@@]5(C)CC[C@H]4C3C)OC(C)[C@@H](C)[C@@H]2C)C(C)[C@@H](C)[C@H]1C. The second kappa shape index (κ2) is 13.7. The van der Waals surface area contributed by atoms with Crippen LogP contribution >= 0.6 is 0 Å². The molecule has 8 unspecified atom stereocenters. The molecule has 7 rings (SSSR count). The lowest BCUT2D eigenvalue weighted by atomic mass is 9.34. The molecule has 296 valence electrons. The van der Waals surface area contributed by atoms with E-state index in [4.69, 9.17) is 14.2 Å². The monoisotopic (exact) mass is 721 g/mol. The van der Waals surface area contributed by atoms with E-state index in [9.17, 15) is 4.79 Å². The Morgan fingerprint density at radius 1 is 0.769 bits per heavy atom. The standard InChI is InChI=1S/C48H80O4/c1-14-39-31(5)28(2)32(6)41(51-39)25-35-30(4)29(3)34(8)50-43(35)52-40-18-19-45(11)36(33(40)7)17-20-47(13)42(45)16-15-37-38-26-44(9,10)21-23-48(38,27-49)24-22-46(37,47)12/h15,27-36,38-43H,14,16-26H2,1-13H3/t28-,29-,30-,31+,32?,33?,34?,35?,36-,38?,39?,40-,41-,42?,43-,45?,46+,47-,48+/m0/s1. The van der Waals surface area contributed by atoms with Crippen molar-refractivity contribution in [3.63, 3.8) is 0 Å². The van der Waals surface area contributed by atoms with E-state index in [1.807, 2.05) is 0 Å². The highest BCUT2D eigenvalue weighted by atomic mass is 16.7. The van der Waals surface area contributed by atoms with E-state index in [1.165, 1.54) is 51.2 Å². The van der Waals surface area contributed by atoms with Gasteiger partial charge in [0.15, 0.2) is 6.29 Å². The van der Waals surface area contributed by atoms with Crippen LogP contribution in [0.4, 0.5) is 0 Å². The van der Waals surface area contributed by atoms with E-state index >= 15 is 0 Å². The van der Waals surface area contributed by atoms with Crippen molar-refractivity contribution < 1.29 is 19.0 Å². The lowest BCUT2D eigenvalue weighted by Gasteiger charge is -2.70. The molecule has 0 bridgehead atoms. The van der Waals surface area contributed by atoms with Gasteiger partial charge in [0.05, 0.1) is 24.4 Å². The maximum atomic E-state index is 12.9. The first-order valence-corrected chi connectivity index (χ1v) is 22.5. The highest BCUT2D eigenvalue weighted by molar-refractivity contribution is 5.63. The molecule has 19 atom stereocenters. The van der Waals surface area contributed by atoms with Gasteiger partial charge in [-0.15, -0.1) is 0 Å². The zero-order chi connectivity index (χ0) is 37.8. The number of hydrogen-bond donors (Lipinski definition) is 0. The third-order valence-electron chi connectivity index (χ3n) is 19.8. The van der Waals surface area contributed by atoms with Crippen molar-refractivity contribution in [1.29, 1.82) is 0 Å². The fraction of sp³-hybridized carbons (Fsp3) is 0.938. The van der Waals surface area contributed by atoms with Gasteiger partial charge in [-0.1, -0.05) is 94.7 Å². The number of fused-ring (bicyclic) bond motifs is 7. The van der Waals surface area contributed by atoms with Crippen LogP contribution < -0.4 is 0 Å². The lowest BCUT2D eigenvalue weighted by molar-refractivity contribution is -0.290. The van der Waals surface area contributed by atoms with Crippen LogP contribution in [0.25, 0.3) is 0 Å². The number of hydrogen-bond acceptors (Lipinski definition) is 4. The van der Waals surface area contributed by atoms with E-state index in [-0.39, 0.29) is 40.8 Å². The summed E-state index contributed by atoms with van der Waals surface area (Å²) in [6, 6.07) is 0. The number of carbonyl (C=O) groups excluding carboxylic acids is 1. The molecule has 7 aliphatic rings. The summed E-state index contributed by atoms with van der Waals surface area (Å²) in [7, 11) is 0. The van der Waals surface area contributed by atoms with Crippen LogP contribution in [0.1, 0.15) is 167 Å². The Morgan fingerprint density at radius 2 is 1.46 bits per heavy atom. The van der Waals surface area contributed by atoms with E-state index in [0.717, 1.165) is 32.1 Å². The highest BCUT2D eigenvalue weighted by Crippen LogP contribution is 2.74. The zero-order valence-electron chi connectivity index (χ0n) is 35.9. The molecule has 4 heteroatoms. The summed E-state index contributed by atoms with van der Waals surface area (Å²) in [5, 5.41) is 0. The molecule has 4 saturated carbocycles. The van der Waals surface area contributed by atoms with Crippen LogP contribution in [0.15, 0.2) is 11.6 Å². The number of aldehydes is 1. The molecule has 0 aromatic heterocycles. The van der Waals surface area contributed by atoms with Gasteiger partial charge < -0.3 is 19.0 Å². The number of ether oxygens (including phenoxy) is 3. The largest absolute Gasteiger partial charge is 0.374 e. The van der Waals surface area contributed by atoms with E-state index in [2.05, 4.69) is 96.1 Å². The molecular formula is C48H80O4. The smallest absolute Gasteiger partial charge is 0.161 e. The summed E-state index contributed by atoms with van der Waals surface area (Å²) in [5.41, 5.74) is 2.63. The molecule has 6 fully saturated rings. The molecule has 0 radical (unpaired) electrons. The normalized spacial score (nSPS) is 55.9. The number of rotatable bonds is 6. The van der Waals surface area contributed by atoms with Gasteiger partial charge in [-0.3, -0.25) is 0 Å². The van der Waals surface area contributed by atoms with Gasteiger partial charge in [0, 0.05) is 11.3 Å². The molecule has 0 aromatic carbocycles. The molecule has 0 spiro atoms. The maximum absolute atomic E-state index is 12.9. The highest BCUT2D eigenvalue weighted by Gasteiger charge is 2.67. The van der Waals surface area contributed by atoms with Crippen molar-refractivity contribution in [2.75, 3.05) is 0 Å². The second-order valence-corrected chi connectivity index (χ2v) is 22.2. The minimum atomic E-state index is -0.156. The molecule has 2 saturated heterocycles. The van der Waals surface area contributed by atoms with E-state index < -0.39 is 0 Å². The van der Waals surface area contributed by atoms with Crippen molar-refractivity contribution in [3.05, 3.63) is 11.6 Å². The fourth-order valence-corrected chi connectivity index (χ4v) is 15.1. The van der Waals surface area contributed by atoms with Gasteiger partial charge in [-0.2, -0.15) is 0 Å². The summed E-state index contributed by atoms with van der Waals surface area (Å²) in [6.07, 6.45) is 19.0. The van der Waals surface area contributed by atoms with Gasteiger partial charge >= 0.3 is 0 Å². The van der Waals surface area contributed by atoms with E-state index in [1.54, 1.807) is 5.57 Å². The van der Waals surface area contributed by atoms with Crippen LogP contribution in [-0.4, -0.2) is 37.0 Å². The van der Waals surface area contributed by atoms with Gasteiger partial charge in [0.2, 0.25) is 0 Å². The Balaban J connectivity index is 1.11. The second-order valence-electron chi connectivity index (χ2n) is 22.2. The Morgan fingerprint density at radius 3 is 2.15 bits per heavy atom.